The predicted octanol–water partition coefficient (Wildman–Crippen LogP) is 4.61. The second kappa shape index (κ2) is 9.79. The molecule has 1 N–H and O–H groups in total. The number of hydrogen-bond donors (Lipinski definition) is 1. The van der Waals surface area contributed by atoms with E-state index in [4.69, 9.17) is 9.72 Å². The van der Waals surface area contributed by atoms with E-state index in [9.17, 15) is 4.79 Å². The van der Waals surface area contributed by atoms with E-state index in [1.807, 2.05) is 24.1 Å². The molecule has 8 heteroatoms. The Hall–Kier alpha value is -3.49. The van der Waals surface area contributed by atoms with Gasteiger partial charge in [-0.3, -0.25) is 15.2 Å². The normalized spacial score (nSPS) is 16.5. The molecule has 4 aromatic rings. The molecule has 1 atom stereocenters. The highest BCUT2D eigenvalue weighted by atomic mass is 32.1. The first-order chi connectivity index (χ1) is 16.6. The van der Waals surface area contributed by atoms with Gasteiger partial charge in [0.1, 0.15) is 11.3 Å². The van der Waals surface area contributed by atoms with Crippen molar-refractivity contribution in [2.75, 3.05) is 31.1 Å². The molecular weight excluding hydrogens is 446 g/mol. The third-order valence-corrected chi connectivity index (χ3v) is 7.10. The number of ether oxygens (including phenoxy) is 1. The Morgan fingerprint density at radius 2 is 2.00 bits per heavy atom. The van der Waals surface area contributed by atoms with E-state index in [2.05, 4.69) is 52.6 Å². The van der Waals surface area contributed by atoms with Gasteiger partial charge in [0.05, 0.1) is 16.9 Å². The minimum absolute atomic E-state index is 0.126. The first-order valence-electron chi connectivity index (χ1n) is 11.5. The number of hydrogen-bond acceptors (Lipinski definition) is 7. The predicted molar refractivity (Wildman–Crippen MR) is 136 cm³/mol. The van der Waals surface area contributed by atoms with Crippen molar-refractivity contribution in [3.63, 3.8) is 0 Å². The minimum Gasteiger partial charge on any atom is -0.492 e. The number of hydrazine groups is 1. The van der Waals surface area contributed by atoms with Crippen molar-refractivity contribution in [2.45, 2.75) is 19.9 Å². The molecule has 0 bridgehead atoms. The number of rotatable bonds is 6. The lowest BCUT2D eigenvalue weighted by Crippen LogP contribution is -2.58. The van der Waals surface area contributed by atoms with Gasteiger partial charge in [0.2, 0.25) is 0 Å². The maximum absolute atomic E-state index is 12.6. The van der Waals surface area contributed by atoms with Gasteiger partial charge >= 0.3 is 0 Å². The smallest absolute Gasteiger partial charge is 0.267 e. The first kappa shape index (κ1) is 22.3. The molecule has 0 spiro atoms. The molecule has 7 nitrogen and oxygen atoms in total. The highest BCUT2D eigenvalue weighted by molar-refractivity contribution is 7.22. The van der Waals surface area contributed by atoms with Crippen LogP contribution in [0.3, 0.4) is 0 Å². The van der Waals surface area contributed by atoms with E-state index in [-0.39, 0.29) is 11.9 Å². The van der Waals surface area contributed by atoms with Gasteiger partial charge < -0.3 is 9.64 Å². The number of anilines is 1. The van der Waals surface area contributed by atoms with Crippen LogP contribution >= 0.6 is 11.3 Å². The first-order valence-corrected chi connectivity index (χ1v) is 12.3. The van der Waals surface area contributed by atoms with Crippen LogP contribution in [0, 0.1) is 0 Å². The van der Waals surface area contributed by atoms with Gasteiger partial charge in [-0.1, -0.05) is 41.7 Å². The van der Waals surface area contributed by atoms with E-state index in [1.165, 1.54) is 11.1 Å². The van der Waals surface area contributed by atoms with Crippen LogP contribution in [0.4, 0.5) is 5.13 Å². The SMILES string of the molecule is CCOc1ccc(-c2ccccc2)c2sc(N3CCN(NC(=O)c4cccnc4)C(C)C3)nc12. The summed E-state index contributed by atoms with van der Waals surface area (Å²) < 4.78 is 7.03. The van der Waals surface area contributed by atoms with E-state index >= 15 is 0 Å². The van der Waals surface area contributed by atoms with Crippen LogP contribution in [0.2, 0.25) is 0 Å². The maximum atomic E-state index is 12.6. The largest absolute Gasteiger partial charge is 0.492 e. The molecule has 2 aromatic heterocycles. The van der Waals surface area contributed by atoms with E-state index in [0.717, 1.165) is 34.2 Å². The van der Waals surface area contributed by atoms with Crippen LogP contribution < -0.4 is 15.1 Å². The van der Waals surface area contributed by atoms with Crippen LogP contribution in [0.1, 0.15) is 24.2 Å². The third kappa shape index (κ3) is 4.47. The van der Waals surface area contributed by atoms with Gasteiger partial charge in [-0.25, -0.2) is 9.99 Å². The number of carbonyl (C=O) groups is 1. The van der Waals surface area contributed by atoms with Crippen molar-refractivity contribution < 1.29 is 9.53 Å². The summed E-state index contributed by atoms with van der Waals surface area (Å²) in [7, 11) is 0. The zero-order valence-electron chi connectivity index (χ0n) is 19.3. The van der Waals surface area contributed by atoms with Crippen molar-refractivity contribution in [2.24, 2.45) is 0 Å². The summed E-state index contributed by atoms with van der Waals surface area (Å²) in [5.41, 5.74) is 6.83. The molecule has 1 saturated heterocycles. The average Bonchev–Trinajstić information content (AvgIpc) is 3.32. The van der Waals surface area contributed by atoms with Crippen molar-refractivity contribution in [1.82, 2.24) is 20.4 Å². The molecule has 0 aliphatic carbocycles. The highest BCUT2D eigenvalue weighted by Gasteiger charge is 2.28. The molecule has 0 radical (unpaired) electrons. The summed E-state index contributed by atoms with van der Waals surface area (Å²) in [5.74, 6) is 0.678. The topological polar surface area (TPSA) is 70.6 Å². The Kier molecular flexibility index (Phi) is 6.42. The highest BCUT2D eigenvalue weighted by Crippen LogP contribution is 2.41. The van der Waals surface area contributed by atoms with Gasteiger partial charge in [-0.15, -0.1) is 0 Å². The number of fused-ring (bicyclic) bond motifs is 1. The molecule has 1 fully saturated rings. The number of amides is 1. The fourth-order valence-electron chi connectivity index (χ4n) is 4.21. The Balaban J connectivity index is 1.38. The molecule has 2 aromatic carbocycles. The van der Waals surface area contributed by atoms with Crippen LogP contribution in [0.25, 0.3) is 21.3 Å². The molecule has 34 heavy (non-hydrogen) atoms. The van der Waals surface area contributed by atoms with Crippen LogP contribution in [-0.2, 0) is 0 Å². The number of benzene rings is 2. The van der Waals surface area contributed by atoms with Gasteiger partial charge in [0, 0.05) is 43.6 Å². The molecule has 1 unspecified atom stereocenters. The third-order valence-electron chi connectivity index (χ3n) is 5.95. The number of carbonyl (C=O) groups excluding carboxylic acids is 1. The summed E-state index contributed by atoms with van der Waals surface area (Å²) in [4.78, 5) is 23.9. The van der Waals surface area contributed by atoms with Crippen molar-refractivity contribution in [1.29, 1.82) is 0 Å². The minimum atomic E-state index is -0.137. The molecule has 3 heterocycles. The molecule has 1 amide bonds. The monoisotopic (exact) mass is 473 g/mol. The number of nitrogens with one attached hydrogen (secondary N) is 1. The second-order valence-corrected chi connectivity index (χ2v) is 9.23. The summed E-state index contributed by atoms with van der Waals surface area (Å²) in [5, 5.41) is 2.98. The number of nitrogens with zero attached hydrogens (tertiary/aromatic N) is 4. The van der Waals surface area contributed by atoms with Crippen LogP contribution in [0.5, 0.6) is 5.75 Å². The lowest BCUT2D eigenvalue weighted by atomic mass is 10.1. The molecule has 1 aliphatic heterocycles. The van der Waals surface area contributed by atoms with E-state index in [0.29, 0.717) is 18.7 Å². The van der Waals surface area contributed by atoms with E-state index < -0.39 is 0 Å². The van der Waals surface area contributed by atoms with Gasteiger partial charge in [0.15, 0.2) is 5.13 Å². The number of piperazine rings is 1. The number of aromatic nitrogens is 2. The van der Waals surface area contributed by atoms with E-state index in [1.54, 1.807) is 35.9 Å². The Bertz CT molecular complexity index is 1280. The quantitative estimate of drug-likeness (QED) is 0.441. The Labute approximate surface area is 203 Å². The van der Waals surface area contributed by atoms with Gasteiger partial charge in [-0.2, -0.15) is 0 Å². The summed E-state index contributed by atoms with van der Waals surface area (Å²) in [6.45, 7) is 6.93. The van der Waals surface area contributed by atoms with Gasteiger partial charge in [0.25, 0.3) is 5.91 Å². The lowest BCUT2D eigenvalue weighted by molar-refractivity contribution is 0.0676. The number of thiazole rings is 1. The zero-order valence-corrected chi connectivity index (χ0v) is 20.1. The summed E-state index contributed by atoms with van der Waals surface area (Å²) >= 11 is 1.70. The van der Waals surface area contributed by atoms with Crippen molar-refractivity contribution in [3.8, 4) is 16.9 Å². The maximum Gasteiger partial charge on any atom is 0.267 e. The molecule has 1 aliphatic rings. The lowest BCUT2D eigenvalue weighted by Gasteiger charge is -2.39. The van der Waals surface area contributed by atoms with Crippen LogP contribution in [-0.4, -0.2) is 53.2 Å². The number of pyridine rings is 1. The molecule has 5 rings (SSSR count). The Morgan fingerprint density at radius 3 is 2.74 bits per heavy atom. The molecule has 0 saturated carbocycles. The Morgan fingerprint density at radius 1 is 1.15 bits per heavy atom. The van der Waals surface area contributed by atoms with Crippen molar-refractivity contribution >= 4 is 32.6 Å². The second-order valence-electron chi connectivity index (χ2n) is 8.26. The average molecular weight is 474 g/mol. The van der Waals surface area contributed by atoms with Gasteiger partial charge in [-0.05, 0) is 43.7 Å². The zero-order chi connectivity index (χ0) is 23.5. The molecule has 174 valence electrons. The van der Waals surface area contributed by atoms with Crippen molar-refractivity contribution in [3.05, 3.63) is 72.6 Å². The fourth-order valence-corrected chi connectivity index (χ4v) is 5.37. The fraction of sp³-hybridized carbons (Fsp3) is 0.269. The van der Waals surface area contributed by atoms with Crippen LogP contribution in [0.15, 0.2) is 67.0 Å². The molecular formula is C26H27N5O2S. The summed E-state index contributed by atoms with van der Waals surface area (Å²) in [6, 6.07) is 18.2. The standard InChI is InChI=1S/C26H27N5O2S/c1-3-33-22-12-11-21(19-8-5-4-6-9-19)24-23(22)28-26(34-24)30-14-15-31(18(2)17-30)29-25(32)20-10-7-13-27-16-20/h4-13,16,18H,3,14-15,17H2,1-2H3,(H,29,32). The summed E-state index contributed by atoms with van der Waals surface area (Å²) in [6.07, 6.45) is 3.24.